The Labute approximate surface area is 147 Å². The lowest BCUT2D eigenvalue weighted by Gasteiger charge is -2.08. The van der Waals surface area contributed by atoms with Crippen molar-refractivity contribution in [3.63, 3.8) is 0 Å². The quantitative estimate of drug-likeness (QED) is 0.584. The van der Waals surface area contributed by atoms with E-state index in [-0.39, 0.29) is 0 Å². The first kappa shape index (κ1) is 15.4. The van der Waals surface area contributed by atoms with Crippen molar-refractivity contribution in [1.82, 2.24) is 4.57 Å². The Morgan fingerprint density at radius 3 is 2.21 bits per heavy atom. The van der Waals surface area contributed by atoms with E-state index in [0.717, 1.165) is 10.5 Å². The molecule has 0 amide bonds. The topological polar surface area (TPSA) is 17.3 Å². The summed E-state index contributed by atoms with van der Waals surface area (Å²) in [6.07, 6.45) is 2.52. The minimum atomic E-state index is 0.609. The van der Waals surface area contributed by atoms with Crippen LogP contribution in [0.3, 0.4) is 0 Å². The summed E-state index contributed by atoms with van der Waals surface area (Å²) in [6.45, 7) is 6.40. The SMILES string of the molecule is Cc1ccc(-c2csc(=Nc3cc(C)cc(C)c3)n2C2CC2)cc1. The standard InChI is InChI=1S/C21H22N2S/c1-14-4-6-17(7-5-14)20-13-24-21(23(20)19-8-9-19)22-18-11-15(2)10-16(3)12-18/h4-7,10-13,19H,8-9H2,1-3H3. The maximum atomic E-state index is 4.97. The number of hydrogen-bond acceptors (Lipinski definition) is 2. The van der Waals surface area contributed by atoms with Gasteiger partial charge in [0.15, 0.2) is 4.80 Å². The molecule has 1 heterocycles. The third kappa shape index (κ3) is 3.09. The summed E-state index contributed by atoms with van der Waals surface area (Å²) in [5, 5.41) is 2.25. The van der Waals surface area contributed by atoms with E-state index < -0.39 is 0 Å². The van der Waals surface area contributed by atoms with Crippen molar-refractivity contribution in [3.05, 3.63) is 69.3 Å². The van der Waals surface area contributed by atoms with E-state index in [9.17, 15) is 0 Å². The molecule has 122 valence electrons. The average Bonchev–Trinajstić information content (AvgIpc) is 3.28. The molecule has 0 bridgehead atoms. The van der Waals surface area contributed by atoms with Gasteiger partial charge in [-0.05, 0) is 62.4 Å². The van der Waals surface area contributed by atoms with Gasteiger partial charge in [0.1, 0.15) is 0 Å². The molecule has 1 saturated carbocycles. The molecule has 1 aliphatic rings. The first-order chi connectivity index (χ1) is 11.6. The highest BCUT2D eigenvalue weighted by Crippen LogP contribution is 2.38. The van der Waals surface area contributed by atoms with Crippen LogP contribution in [0.5, 0.6) is 0 Å². The van der Waals surface area contributed by atoms with Crippen LogP contribution < -0.4 is 4.80 Å². The van der Waals surface area contributed by atoms with Gasteiger partial charge in [0, 0.05) is 11.4 Å². The van der Waals surface area contributed by atoms with E-state index >= 15 is 0 Å². The minimum absolute atomic E-state index is 0.609. The molecule has 2 nitrogen and oxygen atoms in total. The van der Waals surface area contributed by atoms with Gasteiger partial charge in [-0.15, -0.1) is 11.3 Å². The molecular formula is C21H22N2S. The van der Waals surface area contributed by atoms with E-state index in [4.69, 9.17) is 4.99 Å². The van der Waals surface area contributed by atoms with Crippen LogP contribution in [0.2, 0.25) is 0 Å². The second-order valence-electron chi connectivity index (χ2n) is 6.83. The largest absolute Gasteiger partial charge is 0.313 e. The average molecular weight is 334 g/mol. The van der Waals surface area contributed by atoms with E-state index in [1.54, 1.807) is 11.3 Å². The van der Waals surface area contributed by atoms with Crippen LogP contribution in [0.25, 0.3) is 11.3 Å². The summed E-state index contributed by atoms with van der Waals surface area (Å²) in [7, 11) is 0. The van der Waals surface area contributed by atoms with Crippen LogP contribution in [0, 0.1) is 20.8 Å². The molecule has 24 heavy (non-hydrogen) atoms. The highest BCUT2D eigenvalue weighted by atomic mass is 32.1. The van der Waals surface area contributed by atoms with Crippen molar-refractivity contribution in [2.75, 3.05) is 0 Å². The molecular weight excluding hydrogens is 312 g/mol. The molecule has 4 rings (SSSR count). The van der Waals surface area contributed by atoms with E-state index in [0.29, 0.717) is 6.04 Å². The van der Waals surface area contributed by atoms with Gasteiger partial charge in [-0.1, -0.05) is 35.9 Å². The molecule has 0 saturated heterocycles. The third-order valence-electron chi connectivity index (χ3n) is 4.43. The Morgan fingerprint density at radius 1 is 0.917 bits per heavy atom. The number of hydrogen-bond donors (Lipinski definition) is 0. The van der Waals surface area contributed by atoms with Gasteiger partial charge < -0.3 is 4.57 Å². The molecule has 2 aromatic carbocycles. The number of thiazole rings is 1. The zero-order chi connectivity index (χ0) is 16.7. The summed E-state index contributed by atoms with van der Waals surface area (Å²) in [6, 6.07) is 15.9. The highest BCUT2D eigenvalue weighted by Gasteiger charge is 2.27. The van der Waals surface area contributed by atoms with Crippen molar-refractivity contribution in [3.8, 4) is 11.3 Å². The van der Waals surface area contributed by atoms with Crippen LogP contribution in [0.15, 0.2) is 52.8 Å². The van der Waals surface area contributed by atoms with Gasteiger partial charge in [0.25, 0.3) is 0 Å². The zero-order valence-electron chi connectivity index (χ0n) is 14.4. The summed E-state index contributed by atoms with van der Waals surface area (Å²) in [5.74, 6) is 0. The molecule has 0 radical (unpaired) electrons. The summed E-state index contributed by atoms with van der Waals surface area (Å²) in [4.78, 5) is 6.08. The maximum absolute atomic E-state index is 4.97. The van der Waals surface area contributed by atoms with Gasteiger partial charge in [-0.25, -0.2) is 4.99 Å². The van der Waals surface area contributed by atoms with Gasteiger partial charge in [0.2, 0.25) is 0 Å². The van der Waals surface area contributed by atoms with Crippen LogP contribution in [0.1, 0.15) is 35.6 Å². The smallest absolute Gasteiger partial charge is 0.190 e. The van der Waals surface area contributed by atoms with Gasteiger partial charge in [0.05, 0.1) is 11.4 Å². The molecule has 1 fully saturated rings. The number of aromatic nitrogens is 1. The molecule has 3 aromatic rings. The summed E-state index contributed by atoms with van der Waals surface area (Å²) >= 11 is 1.75. The second kappa shape index (κ2) is 6.06. The number of nitrogens with zero attached hydrogens (tertiary/aromatic N) is 2. The second-order valence-corrected chi connectivity index (χ2v) is 7.66. The van der Waals surface area contributed by atoms with Gasteiger partial charge >= 0.3 is 0 Å². The van der Waals surface area contributed by atoms with Crippen molar-refractivity contribution in [2.24, 2.45) is 4.99 Å². The third-order valence-corrected chi connectivity index (χ3v) is 5.27. The van der Waals surface area contributed by atoms with E-state index in [2.05, 4.69) is 73.2 Å². The van der Waals surface area contributed by atoms with Crippen molar-refractivity contribution in [1.29, 1.82) is 0 Å². The Morgan fingerprint density at radius 2 is 1.58 bits per heavy atom. The molecule has 0 unspecified atom stereocenters. The lowest BCUT2D eigenvalue weighted by atomic mass is 10.1. The van der Waals surface area contributed by atoms with Gasteiger partial charge in [-0.3, -0.25) is 0 Å². The molecule has 3 heteroatoms. The zero-order valence-corrected chi connectivity index (χ0v) is 15.2. The molecule has 0 atom stereocenters. The first-order valence-corrected chi connectivity index (χ1v) is 9.38. The normalized spacial score (nSPS) is 15.0. The fraction of sp³-hybridized carbons (Fsp3) is 0.286. The van der Waals surface area contributed by atoms with Crippen molar-refractivity contribution < 1.29 is 0 Å². The Balaban J connectivity index is 1.85. The van der Waals surface area contributed by atoms with Crippen LogP contribution >= 0.6 is 11.3 Å². The predicted octanol–water partition coefficient (Wildman–Crippen LogP) is 5.71. The molecule has 0 aliphatic heterocycles. The Bertz CT molecular complexity index is 920. The predicted molar refractivity (Wildman–Crippen MR) is 102 cm³/mol. The van der Waals surface area contributed by atoms with Crippen LogP contribution in [-0.4, -0.2) is 4.57 Å². The fourth-order valence-electron chi connectivity index (χ4n) is 3.15. The fourth-order valence-corrected chi connectivity index (χ4v) is 4.13. The molecule has 1 aliphatic carbocycles. The first-order valence-electron chi connectivity index (χ1n) is 8.50. The monoisotopic (exact) mass is 334 g/mol. The lowest BCUT2D eigenvalue weighted by Crippen LogP contribution is -2.14. The van der Waals surface area contributed by atoms with E-state index in [1.165, 1.54) is 40.8 Å². The Hall–Kier alpha value is -2.13. The number of aryl methyl sites for hydroxylation is 3. The van der Waals surface area contributed by atoms with Gasteiger partial charge in [-0.2, -0.15) is 0 Å². The van der Waals surface area contributed by atoms with E-state index in [1.807, 2.05) is 0 Å². The number of benzene rings is 2. The highest BCUT2D eigenvalue weighted by molar-refractivity contribution is 7.07. The molecule has 1 aromatic heterocycles. The van der Waals surface area contributed by atoms with Crippen molar-refractivity contribution >= 4 is 17.0 Å². The lowest BCUT2D eigenvalue weighted by molar-refractivity contribution is 0.725. The maximum Gasteiger partial charge on any atom is 0.190 e. The molecule has 0 N–H and O–H groups in total. The summed E-state index contributed by atoms with van der Waals surface area (Å²) in [5.41, 5.74) is 7.46. The number of rotatable bonds is 3. The minimum Gasteiger partial charge on any atom is -0.313 e. The van der Waals surface area contributed by atoms with Crippen molar-refractivity contribution in [2.45, 2.75) is 39.7 Å². The summed E-state index contributed by atoms with van der Waals surface area (Å²) < 4.78 is 2.44. The van der Waals surface area contributed by atoms with Crippen LogP contribution in [-0.2, 0) is 0 Å². The Kier molecular flexibility index (Phi) is 3.89. The van der Waals surface area contributed by atoms with Crippen LogP contribution in [0.4, 0.5) is 5.69 Å². The molecule has 0 spiro atoms.